The van der Waals surface area contributed by atoms with Gasteiger partial charge >= 0.3 is 0 Å². The Morgan fingerprint density at radius 3 is 2.32 bits per heavy atom. The Labute approximate surface area is 114 Å². The maximum absolute atomic E-state index is 2.39. The van der Waals surface area contributed by atoms with E-state index in [9.17, 15) is 0 Å². The molecule has 0 radical (unpaired) electrons. The van der Waals surface area contributed by atoms with E-state index in [2.05, 4.69) is 72.8 Å². The molecule has 0 aliphatic rings. The van der Waals surface area contributed by atoms with Crippen LogP contribution in [0, 0.1) is 0 Å². The highest BCUT2D eigenvalue weighted by atomic mass is 15.1. The molecule has 2 aromatic carbocycles. The number of benzene rings is 2. The zero-order valence-electron chi connectivity index (χ0n) is 11.9. The van der Waals surface area contributed by atoms with E-state index in [0.717, 1.165) is 13.1 Å². The second-order valence-corrected chi connectivity index (χ2v) is 4.95. The first-order chi connectivity index (χ1) is 9.26. The van der Waals surface area contributed by atoms with Crippen LogP contribution < -0.4 is 4.90 Å². The van der Waals surface area contributed by atoms with Crippen LogP contribution in [0.3, 0.4) is 0 Å². The topological polar surface area (TPSA) is 8.17 Å². The summed E-state index contributed by atoms with van der Waals surface area (Å²) in [5.74, 6) is 0. The number of rotatable bonds is 3. The maximum Gasteiger partial charge on any atom is 0.0509 e. The molecule has 2 nitrogen and oxygen atoms in total. The highest BCUT2D eigenvalue weighted by Crippen LogP contribution is 2.30. The van der Waals surface area contributed by atoms with Crippen molar-refractivity contribution in [1.82, 2.24) is 4.57 Å². The van der Waals surface area contributed by atoms with Crippen LogP contribution in [0.4, 0.5) is 5.69 Å². The molecule has 0 spiro atoms. The van der Waals surface area contributed by atoms with Crippen molar-refractivity contribution in [3.05, 3.63) is 42.5 Å². The number of fused-ring (bicyclic) bond motifs is 3. The molecule has 0 bridgehead atoms. The van der Waals surface area contributed by atoms with Gasteiger partial charge in [-0.15, -0.1) is 0 Å². The lowest BCUT2D eigenvalue weighted by molar-refractivity contribution is 0.866. The summed E-state index contributed by atoms with van der Waals surface area (Å²) in [4.78, 5) is 2.39. The minimum atomic E-state index is 1.05. The lowest BCUT2D eigenvalue weighted by Gasteiger charge is -2.21. The number of nitrogens with zero attached hydrogens (tertiary/aromatic N) is 2. The van der Waals surface area contributed by atoms with Gasteiger partial charge in [-0.25, -0.2) is 0 Å². The summed E-state index contributed by atoms with van der Waals surface area (Å²) >= 11 is 0. The van der Waals surface area contributed by atoms with Gasteiger partial charge in [0.1, 0.15) is 0 Å². The van der Waals surface area contributed by atoms with E-state index in [-0.39, 0.29) is 0 Å². The van der Waals surface area contributed by atoms with Gasteiger partial charge in [0.25, 0.3) is 0 Å². The van der Waals surface area contributed by atoms with Crippen molar-refractivity contribution in [2.45, 2.75) is 13.8 Å². The van der Waals surface area contributed by atoms with Gasteiger partial charge in [0.05, 0.1) is 5.52 Å². The van der Waals surface area contributed by atoms with Crippen LogP contribution in [0.25, 0.3) is 21.8 Å². The van der Waals surface area contributed by atoms with Crippen LogP contribution in [0.5, 0.6) is 0 Å². The van der Waals surface area contributed by atoms with Gasteiger partial charge in [0.15, 0.2) is 0 Å². The minimum Gasteiger partial charge on any atom is -0.372 e. The number of para-hydroxylation sites is 1. The van der Waals surface area contributed by atoms with E-state index >= 15 is 0 Å². The maximum atomic E-state index is 2.39. The first-order valence-corrected chi connectivity index (χ1v) is 6.98. The Hall–Kier alpha value is -1.96. The van der Waals surface area contributed by atoms with E-state index in [4.69, 9.17) is 0 Å². The molecule has 98 valence electrons. The van der Waals surface area contributed by atoms with Gasteiger partial charge in [-0.3, -0.25) is 0 Å². The second-order valence-electron chi connectivity index (χ2n) is 4.95. The predicted molar refractivity (Wildman–Crippen MR) is 84.0 cm³/mol. The van der Waals surface area contributed by atoms with Crippen molar-refractivity contribution in [2.75, 3.05) is 18.0 Å². The smallest absolute Gasteiger partial charge is 0.0509 e. The van der Waals surface area contributed by atoms with Crippen molar-refractivity contribution in [3.8, 4) is 0 Å². The van der Waals surface area contributed by atoms with Gasteiger partial charge < -0.3 is 9.47 Å². The van der Waals surface area contributed by atoms with Crippen LogP contribution >= 0.6 is 0 Å². The van der Waals surface area contributed by atoms with Crippen molar-refractivity contribution in [2.24, 2.45) is 7.05 Å². The molecule has 0 atom stereocenters. The van der Waals surface area contributed by atoms with E-state index in [1.54, 1.807) is 0 Å². The predicted octanol–water partition coefficient (Wildman–Crippen LogP) is 4.18. The lowest BCUT2D eigenvalue weighted by Crippen LogP contribution is -2.21. The quantitative estimate of drug-likeness (QED) is 0.679. The van der Waals surface area contributed by atoms with Gasteiger partial charge in [0.2, 0.25) is 0 Å². The number of anilines is 1. The van der Waals surface area contributed by atoms with E-state index in [1.807, 2.05) is 0 Å². The van der Waals surface area contributed by atoms with E-state index in [1.165, 1.54) is 27.5 Å². The molecule has 0 N–H and O–H groups in total. The third-order valence-electron chi connectivity index (χ3n) is 4.03. The molecule has 1 aromatic heterocycles. The van der Waals surface area contributed by atoms with Gasteiger partial charge in [-0.05, 0) is 32.0 Å². The highest BCUT2D eigenvalue weighted by molar-refractivity contribution is 6.08. The molecule has 2 heteroatoms. The number of aromatic nitrogens is 1. The fourth-order valence-electron chi connectivity index (χ4n) is 2.93. The van der Waals surface area contributed by atoms with Gasteiger partial charge in [-0.1, -0.05) is 24.3 Å². The second kappa shape index (κ2) is 4.61. The summed E-state index contributed by atoms with van der Waals surface area (Å²) in [5.41, 5.74) is 3.92. The Morgan fingerprint density at radius 2 is 1.58 bits per heavy atom. The lowest BCUT2D eigenvalue weighted by atomic mass is 10.1. The number of hydrogen-bond donors (Lipinski definition) is 0. The molecule has 0 saturated carbocycles. The molecule has 0 saturated heterocycles. The molecule has 0 aliphatic heterocycles. The number of hydrogen-bond acceptors (Lipinski definition) is 1. The van der Waals surface area contributed by atoms with Crippen LogP contribution in [0.15, 0.2) is 42.5 Å². The molecule has 0 aliphatic carbocycles. The third-order valence-corrected chi connectivity index (χ3v) is 4.03. The summed E-state index contributed by atoms with van der Waals surface area (Å²) in [6.45, 7) is 6.50. The summed E-state index contributed by atoms with van der Waals surface area (Å²) in [6, 6.07) is 15.4. The molecule has 3 aromatic rings. The summed E-state index contributed by atoms with van der Waals surface area (Å²) in [7, 11) is 2.15. The molecule has 0 unspecified atom stereocenters. The van der Waals surface area contributed by atoms with Crippen LogP contribution in [-0.2, 0) is 7.05 Å². The third kappa shape index (κ3) is 1.79. The molecule has 0 amide bonds. The Balaban J connectivity index is 2.29. The summed E-state index contributed by atoms with van der Waals surface area (Å²) in [5, 5.41) is 2.68. The summed E-state index contributed by atoms with van der Waals surface area (Å²) < 4.78 is 2.29. The number of aryl methyl sites for hydroxylation is 1. The van der Waals surface area contributed by atoms with Crippen molar-refractivity contribution in [1.29, 1.82) is 0 Å². The largest absolute Gasteiger partial charge is 0.372 e. The monoisotopic (exact) mass is 252 g/mol. The summed E-state index contributed by atoms with van der Waals surface area (Å²) in [6.07, 6.45) is 0. The highest BCUT2D eigenvalue weighted by Gasteiger charge is 2.09. The van der Waals surface area contributed by atoms with Crippen molar-refractivity contribution in [3.63, 3.8) is 0 Å². The zero-order chi connectivity index (χ0) is 13.4. The molecular weight excluding hydrogens is 232 g/mol. The Kier molecular flexibility index (Phi) is 2.94. The Bertz CT molecular complexity index is 721. The standard InChI is InChI=1S/C17H20N2/c1-4-19(5-2)13-10-11-15-14-8-6-7-9-16(14)18(3)17(15)12-13/h6-12H,4-5H2,1-3H3. The van der Waals surface area contributed by atoms with Gasteiger partial charge in [-0.2, -0.15) is 0 Å². The first-order valence-electron chi connectivity index (χ1n) is 6.98. The van der Waals surface area contributed by atoms with E-state index < -0.39 is 0 Å². The Morgan fingerprint density at radius 1 is 0.895 bits per heavy atom. The van der Waals surface area contributed by atoms with Crippen LogP contribution in [0.1, 0.15) is 13.8 Å². The average molecular weight is 252 g/mol. The molecular formula is C17H20N2. The average Bonchev–Trinajstić information content (AvgIpc) is 2.74. The van der Waals surface area contributed by atoms with Crippen LogP contribution in [0.2, 0.25) is 0 Å². The van der Waals surface area contributed by atoms with Crippen molar-refractivity contribution >= 4 is 27.5 Å². The SMILES string of the molecule is CCN(CC)c1ccc2c3ccccc3n(C)c2c1. The molecule has 1 heterocycles. The zero-order valence-corrected chi connectivity index (χ0v) is 11.9. The molecule has 3 rings (SSSR count). The molecule has 19 heavy (non-hydrogen) atoms. The van der Waals surface area contributed by atoms with Gasteiger partial charge in [0, 0.05) is 42.1 Å². The molecule has 0 fully saturated rings. The fraction of sp³-hybridized carbons (Fsp3) is 0.294. The van der Waals surface area contributed by atoms with Crippen LogP contribution in [-0.4, -0.2) is 17.7 Å². The minimum absolute atomic E-state index is 1.05. The van der Waals surface area contributed by atoms with Crippen molar-refractivity contribution < 1.29 is 0 Å². The first kappa shape index (κ1) is 12.1. The fourth-order valence-corrected chi connectivity index (χ4v) is 2.93. The normalized spacial score (nSPS) is 11.3. The van der Waals surface area contributed by atoms with E-state index in [0.29, 0.717) is 0 Å².